The maximum absolute atomic E-state index is 11.0. The van der Waals surface area contributed by atoms with E-state index < -0.39 is 112 Å². The lowest BCUT2D eigenvalue weighted by atomic mass is 9.91. The van der Waals surface area contributed by atoms with Gasteiger partial charge in [0.1, 0.15) is 48.8 Å². The molecule has 0 radical (unpaired) electrons. The standard InChI is InChI=1S/C21H40N2O13/c1-7-13(27)16(30-2)8(4-24)32-19(7)35-17-10(6-26)34-21(12(23)15(17)29)36-18-9(5-25)33-20(31-3)11(22)14(18)28/h7-21,24-29H,4-6,22-23H2,1-3H3. The lowest BCUT2D eigenvalue weighted by Gasteiger charge is -2.49. The van der Waals surface area contributed by atoms with E-state index in [1.54, 1.807) is 6.92 Å². The highest BCUT2D eigenvalue weighted by atomic mass is 16.7. The molecule has 15 heteroatoms. The summed E-state index contributed by atoms with van der Waals surface area (Å²) < 4.78 is 39.0. The molecular formula is C21H40N2O13. The monoisotopic (exact) mass is 528 g/mol. The molecule has 3 saturated heterocycles. The molecule has 0 spiro atoms. The molecule has 0 aromatic rings. The Morgan fingerprint density at radius 3 is 1.50 bits per heavy atom. The Morgan fingerprint density at radius 1 is 0.611 bits per heavy atom. The van der Waals surface area contributed by atoms with Crippen molar-refractivity contribution in [2.75, 3.05) is 34.0 Å². The van der Waals surface area contributed by atoms with Gasteiger partial charge in [0.05, 0.1) is 38.0 Å². The Morgan fingerprint density at radius 2 is 1.03 bits per heavy atom. The summed E-state index contributed by atoms with van der Waals surface area (Å²) in [5.41, 5.74) is 12.1. The first-order valence-electron chi connectivity index (χ1n) is 11.8. The van der Waals surface area contributed by atoms with Crippen LogP contribution in [0.15, 0.2) is 0 Å². The lowest BCUT2D eigenvalue weighted by Crippen LogP contribution is -2.68. The van der Waals surface area contributed by atoms with Crippen molar-refractivity contribution in [3.63, 3.8) is 0 Å². The van der Waals surface area contributed by atoms with Gasteiger partial charge in [-0.2, -0.15) is 0 Å². The zero-order valence-electron chi connectivity index (χ0n) is 20.5. The Bertz CT molecular complexity index is 674. The highest BCUT2D eigenvalue weighted by molar-refractivity contribution is 4.98. The van der Waals surface area contributed by atoms with Gasteiger partial charge in [0.2, 0.25) is 0 Å². The van der Waals surface area contributed by atoms with Crippen LogP contribution in [0.3, 0.4) is 0 Å². The first-order chi connectivity index (χ1) is 17.1. The smallest absolute Gasteiger partial charge is 0.176 e. The molecule has 3 fully saturated rings. The van der Waals surface area contributed by atoms with Crippen LogP contribution in [0.1, 0.15) is 6.92 Å². The van der Waals surface area contributed by atoms with E-state index in [2.05, 4.69) is 0 Å². The fourth-order valence-electron chi connectivity index (χ4n) is 4.80. The fourth-order valence-corrected chi connectivity index (χ4v) is 4.80. The van der Waals surface area contributed by atoms with Crippen molar-refractivity contribution in [2.24, 2.45) is 17.4 Å². The van der Waals surface area contributed by atoms with Crippen LogP contribution in [0.2, 0.25) is 0 Å². The van der Waals surface area contributed by atoms with Crippen LogP contribution in [0.4, 0.5) is 0 Å². The fraction of sp³-hybridized carbons (Fsp3) is 1.00. The summed E-state index contributed by atoms with van der Waals surface area (Å²) in [6.07, 6.45) is -13.5. The van der Waals surface area contributed by atoms with Crippen molar-refractivity contribution in [3.05, 3.63) is 0 Å². The molecule has 3 aliphatic heterocycles. The summed E-state index contributed by atoms with van der Waals surface area (Å²) in [6.45, 7) is 0.0393. The lowest BCUT2D eigenvalue weighted by molar-refractivity contribution is -0.354. The summed E-state index contributed by atoms with van der Waals surface area (Å²) in [6, 6.07) is -2.24. The first kappa shape index (κ1) is 29.9. The summed E-state index contributed by atoms with van der Waals surface area (Å²) in [4.78, 5) is 0. The van der Waals surface area contributed by atoms with Crippen LogP contribution in [-0.2, 0) is 33.2 Å². The summed E-state index contributed by atoms with van der Waals surface area (Å²) in [5.74, 6) is -0.635. The van der Waals surface area contributed by atoms with E-state index in [0.29, 0.717) is 0 Å². The van der Waals surface area contributed by atoms with Crippen molar-refractivity contribution in [2.45, 2.75) is 92.8 Å². The SMILES string of the molecule is COC1OC(CO)C(OC2OC(CO)C(OC3OC(CO)C(OC)C(O)C3C)C(O)C2N)C(O)C1N. The van der Waals surface area contributed by atoms with Crippen LogP contribution in [-0.4, -0.2) is 151 Å². The second-order valence-electron chi connectivity index (χ2n) is 9.30. The van der Waals surface area contributed by atoms with Gasteiger partial charge in [0, 0.05) is 20.1 Å². The number of hydrogen-bond donors (Lipinski definition) is 8. The first-order valence-corrected chi connectivity index (χ1v) is 11.8. The van der Waals surface area contributed by atoms with Crippen molar-refractivity contribution in [3.8, 4) is 0 Å². The van der Waals surface area contributed by atoms with Gasteiger partial charge in [-0.05, 0) is 0 Å². The quantitative estimate of drug-likeness (QED) is 0.140. The van der Waals surface area contributed by atoms with Gasteiger partial charge in [-0.3, -0.25) is 0 Å². The van der Waals surface area contributed by atoms with Crippen LogP contribution < -0.4 is 11.5 Å². The molecule has 36 heavy (non-hydrogen) atoms. The molecule has 15 atom stereocenters. The number of hydrogen-bond acceptors (Lipinski definition) is 15. The predicted octanol–water partition coefficient (Wildman–Crippen LogP) is -5.06. The molecule has 0 amide bonds. The topological polar surface area (TPSA) is 238 Å². The van der Waals surface area contributed by atoms with Gasteiger partial charge < -0.3 is 75.3 Å². The van der Waals surface area contributed by atoms with Gasteiger partial charge in [-0.1, -0.05) is 6.92 Å². The third-order valence-corrected chi connectivity index (χ3v) is 7.05. The minimum absolute atomic E-state index is 0.450. The molecule has 212 valence electrons. The molecule has 0 aromatic carbocycles. The van der Waals surface area contributed by atoms with Crippen molar-refractivity contribution < 1.29 is 63.8 Å². The van der Waals surface area contributed by atoms with Gasteiger partial charge in [-0.15, -0.1) is 0 Å². The zero-order chi connectivity index (χ0) is 26.7. The van der Waals surface area contributed by atoms with E-state index in [9.17, 15) is 30.6 Å². The van der Waals surface area contributed by atoms with E-state index >= 15 is 0 Å². The minimum Gasteiger partial charge on any atom is -0.394 e. The molecule has 3 aliphatic rings. The van der Waals surface area contributed by atoms with E-state index in [1.807, 2.05) is 0 Å². The largest absolute Gasteiger partial charge is 0.394 e. The van der Waals surface area contributed by atoms with Gasteiger partial charge in [-0.25, -0.2) is 0 Å². The maximum atomic E-state index is 11.0. The molecule has 0 saturated carbocycles. The molecule has 15 nitrogen and oxygen atoms in total. The number of methoxy groups -OCH3 is 2. The number of rotatable bonds is 9. The third kappa shape index (κ3) is 5.85. The summed E-state index contributed by atoms with van der Waals surface area (Å²) in [7, 11) is 2.72. The van der Waals surface area contributed by atoms with Crippen LogP contribution in [0.5, 0.6) is 0 Å². The van der Waals surface area contributed by atoms with Gasteiger partial charge >= 0.3 is 0 Å². The second-order valence-corrected chi connectivity index (χ2v) is 9.30. The average Bonchev–Trinajstić information content (AvgIpc) is 2.88. The number of nitrogens with two attached hydrogens (primary N) is 2. The highest BCUT2D eigenvalue weighted by Crippen LogP contribution is 2.33. The molecule has 15 unspecified atom stereocenters. The Labute approximate surface area is 208 Å². The van der Waals surface area contributed by atoms with Crippen LogP contribution >= 0.6 is 0 Å². The van der Waals surface area contributed by atoms with Crippen molar-refractivity contribution in [1.82, 2.24) is 0 Å². The van der Waals surface area contributed by atoms with Gasteiger partial charge in [0.15, 0.2) is 18.9 Å². The minimum atomic E-state index is -1.45. The molecule has 0 bridgehead atoms. The Balaban J connectivity index is 1.72. The van der Waals surface area contributed by atoms with Gasteiger partial charge in [0.25, 0.3) is 0 Å². The normalized spacial score (nSPS) is 50.2. The van der Waals surface area contributed by atoms with E-state index in [4.69, 9.17) is 44.6 Å². The van der Waals surface area contributed by atoms with Crippen molar-refractivity contribution in [1.29, 1.82) is 0 Å². The van der Waals surface area contributed by atoms with E-state index in [0.717, 1.165) is 0 Å². The molecule has 3 heterocycles. The zero-order valence-corrected chi connectivity index (χ0v) is 20.5. The summed E-state index contributed by atoms with van der Waals surface area (Å²) >= 11 is 0. The molecule has 0 aliphatic carbocycles. The third-order valence-electron chi connectivity index (χ3n) is 7.05. The number of aliphatic hydroxyl groups excluding tert-OH is 6. The molecular weight excluding hydrogens is 488 g/mol. The Kier molecular flexibility index (Phi) is 10.8. The number of ether oxygens (including phenoxy) is 7. The average molecular weight is 529 g/mol. The number of aliphatic hydroxyl groups is 6. The van der Waals surface area contributed by atoms with Crippen LogP contribution in [0.25, 0.3) is 0 Å². The highest BCUT2D eigenvalue weighted by Gasteiger charge is 2.52. The molecule has 10 N–H and O–H groups in total. The second kappa shape index (κ2) is 13.0. The van der Waals surface area contributed by atoms with Crippen LogP contribution in [0, 0.1) is 5.92 Å². The maximum Gasteiger partial charge on any atom is 0.176 e. The van der Waals surface area contributed by atoms with E-state index in [-0.39, 0.29) is 0 Å². The molecule has 3 rings (SSSR count). The molecule has 0 aromatic heterocycles. The summed E-state index contributed by atoms with van der Waals surface area (Å²) in [5, 5.41) is 61.5. The van der Waals surface area contributed by atoms with Crippen molar-refractivity contribution >= 4 is 0 Å². The predicted molar refractivity (Wildman–Crippen MR) is 118 cm³/mol. The van der Waals surface area contributed by atoms with E-state index in [1.165, 1.54) is 14.2 Å². The Hall–Kier alpha value is -0.600.